The fourth-order valence-corrected chi connectivity index (χ4v) is 1.94. The molecular weight excluding hydrogens is 222 g/mol. The summed E-state index contributed by atoms with van der Waals surface area (Å²) in [7, 11) is 0. The molecule has 1 heterocycles. The van der Waals surface area contributed by atoms with Crippen molar-refractivity contribution in [1.82, 2.24) is 5.32 Å². The Kier molecular flexibility index (Phi) is 5.66. The van der Waals surface area contributed by atoms with Crippen molar-refractivity contribution in [1.29, 1.82) is 0 Å². The molecule has 0 spiro atoms. The number of rotatable bonds is 7. The van der Waals surface area contributed by atoms with Crippen molar-refractivity contribution in [2.75, 3.05) is 13.1 Å². The monoisotopic (exact) mass is 241 g/mol. The van der Waals surface area contributed by atoms with Crippen molar-refractivity contribution >= 4 is 17.1 Å². The molecule has 0 bridgehead atoms. The highest BCUT2D eigenvalue weighted by atomic mass is 32.1. The SMILES string of the molecule is CC(C)C(O)CNCCC(=O)c1cccs1. The van der Waals surface area contributed by atoms with Gasteiger partial charge in [-0.05, 0) is 17.4 Å². The molecule has 1 aromatic rings. The standard InChI is InChI=1S/C12H19NO2S/c1-9(2)11(15)8-13-6-5-10(14)12-4-3-7-16-12/h3-4,7,9,11,13,15H,5-6,8H2,1-2H3. The Balaban J connectivity index is 2.14. The highest BCUT2D eigenvalue weighted by Crippen LogP contribution is 2.10. The molecule has 0 aromatic carbocycles. The van der Waals surface area contributed by atoms with Crippen LogP contribution >= 0.6 is 11.3 Å². The Morgan fingerprint density at radius 3 is 2.88 bits per heavy atom. The number of nitrogens with one attached hydrogen (secondary N) is 1. The number of carbonyl (C=O) groups is 1. The summed E-state index contributed by atoms with van der Waals surface area (Å²) in [6.45, 7) is 5.13. The highest BCUT2D eigenvalue weighted by molar-refractivity contribution is 7.12. The quantitative estimate of drug-likeness (QED) is 0.566. The third kappa shape index (κ3) is 4.43. The van der Waals surface area contributed by atoms with Gasteiger partial charge in [-0.3, -0.25) is 4.79 Å². The highest BCUT2D eigenvalue weighted by Gasteiger charge is 2.09. The molecule has 0 saturated heterocycles. The van der Waals surface area contributed by atoms with E-state index in [9.17, 15) is 9.90 Å². The van der Waals surface area contributed by atoms with Gasteiger partial charge in [0.15, 0.2) is 5.78 Å². The van der Waals surface area contributed by atoms with Crippen LogP contribution in [0.15, 0.2) is 17.5 Å². The molecule has 1 rings (SSSR count). The Bertz CT molecular complexity index is 309. The fourth-order valence-electron chi connectivity index (χ4n) is 1.25. The maximum Gasteiger partial charge on any atom is 0.174 e. The first-order valence-corrected chi connectivity index (χ1v) is 6.44. The second kappa shape index (κ2) is 6.78. The summed E-state index contributed by atoms with van der Waals surface area (Å²) < 4.78 is 0. The topological polar surface area (TPSA) is 49.3 Å². The van der Waals surface area contributed by atoms with Crippen LogP contribution in [0, 0.1) is 5.92 Å². The van der Waals surface area contributed by atoms with Gasteiger partial charge >= 0.3 is 0 Å². The lowest BCUT2D eigenvalue weighted by Crippen LogP contribution is -2.31. The van der Waals surface area contributed by atoms with Gasteiger partial charge in [-0.25, -0.2) is 0 Å². The molecule has 0 aliphatic rings. The van der Waals surface area contributed by atoms with E-state index in [2.05, 4.69) is 5.32 Å². The zero-order chi connectivity index (χ0) is 12.0. The Hall–Kier alpha value is -0.710. The van der Waals surface area contributed by atoms with E-state index in [4.69, 9.17) is 0 Å². The molecule has 1 unspecified atom stereocenters. The number of carbonyl (C=O) groups excluding carboxylic acids is 1. The Labute approximate surface area is 100 Å². The average molecular weight is 241 g/mol. The van der Waals surface area contributed by atoms with Crippen molar-refractivity contribution in [3.63, 3.8) is 0 Å². The minimum Gasteiger partial charge on any atom is -0.392 e. The van der Waals surface area contributed by atoms with Crippen LogP contribution < -0.4 is 5.32 Å². The molecule has 0 saturated carbocycles. The molecule has 0 fully saturated rings. The van der Waals surface area contributed by atoms with E-state index in [0.29, 0.717) is 19.5 Å². The second-order valence-corrected chi connectivity index (χ2v) is 5.11. The minimum atomic E-state index is -0.336. The number of ketones is 1. The van der Waals surface area contributed by atoms with Crippen LogP contribution in [0.5, 0.6) is 0 Å². The number of Topliss-reactive ketones (excluding diaryl/α,β-unsaturated/α-hetero) is 1. The summed E-state index contributed by atoms with van der Waals surface area (Å²) in [6.07, 6.45) is 0.155. The van der Waals surface area contributed by atoms with Crippen LogP contribution in [0.25, 0.3) is 0 Å². The van der Waals surface area contributed by atoms with Crippen LogP contribution in [-0.4, -0.2) is 30.1 Å². The van der Waals surface area contributed by atoms with Gasteiger partial charge in [0, 0.05) is 19.5 Å². The smallest absolute Gasteiger partial charge is 0.174 e. The predicted molar refractivity (Wildman–Crippen MR) is 67.0 cm³/mol. The third-order valence-electron chi connectivity index (χ3n) is 2.45. The van der Waals surface area contributed by atoms with Gasteiger partial charge in [0.1, 0.15) is 0 Å². The maximum absolute atomic E-state index is 11.6. The molecule has 4 heteroatoms. The van der Waals surface area contributed by atoms with E-state index in [1.165, 1.54) is 11.3 Å². The third-order valence-corrected chi connectivity index (χ3v) is 3.36. The maximum atomic E-state index is 11.6. The van der Waals surface area contributed by atoms with Crippen LogP contribution in [0.2, 0.25) is 0 Å². The normalized spacial score (nSPS) is 13.0. The molecule has 0 aliphatic carbocycles. The van der Waals surface area contributed by atoms with E-state index < -0.39 is 0 Å². The first-order valence-electron chi connectivity index (χ1n) is 5.56. The lowest BCUT2D eigenvalue weighted by molar-refractivity contribution is 0.0977. The number of hydrogen-bond donors (Lipinski definition) is 2. The molecule has 2 N–H and O–H groups in total. The van der Waals surface area contributed by atoms with Crippen LogP contribution in [0.4, 0.5) is 0 Å². The summed E-state index contributed by atoms with van der Waals surface area (Å²) in [5, 5.41) is 14.5. The molecule has 90 valence electrons. The van der Waals surface area contributed by atoms with Crippen LogP contribution in [0.1, 0.15) is 29.9 Å². The van der Waals surface area contributed by atoms with Crippen molar-refractivity contribution < 1.29 is 9.90 Å². The fraction of sp³-hybridized carbons (Fsp3) is 0.583. The van der Waals surface area contributed by atoms with E-state index in [1.807, 2.05) is 31.4 Å². The first-order chi connectivity index (χ1) is 7.61. The van der Waals surface area contributed by atoms with Crippen LogP contribution in [0.3, 0.4) is 0 Å². The van der Waals surface area contributed by atoms with E-state index in [-0.39, 0.29) is 17.8 Å². The first kappa shape index (κ1) is 13.4. The molecule has 0 amide bonds. The van der Waals surface area contributed by atoms with Gasteiger partial charge in [0.2, 0.25) is 0 Å². The van der Waals surface area contributed by atoms with E-state index >= 15 is 0 Å². The molecule has 1 aromatic heterocycles. The minimum absolute atomic E-state index is 0.168. The van der Waals surface area contributed by atoms with E-state index in [1.54, 1.807) is 0 Å². The average Bonchev–Trinajstić information content (AvgIpc) is 2.76. The van der Waals surface area contributed by atoms with Gasteiger partial charge in [0.05, 0.1) is 11.0 Å². The number of aliphatic hydroxyl groups excluding tert-OH is 1. The largest absolute Gasteiger partial charge is 0.392 e. The lowest BCUT2D eigenvalue weighted by atomic mass is 10.1. The molecule has 3 nitrogen and oxygen atoms in total. The number of aliphatic hydroxyl groups is 1. The molecule has 1 atom stereocenters. The van der Waals surface area contributed by atoms with Gasteiger partial charge in [0.25, 0.3) is 0 Å². The summed E-state index contributed by atoms with van der Waals surface area (Å²) in [5.41, 5.74) is 0. The summed E-state index contributed by atoms with van der Waals surface area (Å²) in [4.78, 5) is 12.4. The zero-order valence-corrected chi connectivity index (χ0v) is 10.6. The Morgan fingerprint density at radius 2 is 2.31 bits per heavy atom. The second-order valence-electron chi connectivity index (χ2n) is 4.17. The summed E-state index contributed by atoms with van der Waals surface area (Å²) in [6, 6.07) is 3.73. The molecular formula is C12H19NO2S. The van der Waals surface area contributed by atoms with Gasteiger partial charge in [-0.1, -0.05) is 19.9 Å². The summed E-state index contributed by atoms with van der Waals surface area (Å²) >= 11 is 1.47. The van der Waals surface area contributed by atoms with Crippen LogP contribution in [-0.2, 0) is 0 Å². The van der Waals surface area contributed by atoms with Crippen molar-refractivity contribution in [3.05, 3.63) is 22.4 Å². The Morgan fingerprint density at radius 1 is 1.56 bits per heavy atom. The van der Waals surface area contributed by atoms with Crippen molar-refractivity contribution in [3.8, 4) is 0 Å². The lowest BCUT2D eigenvalue weighted by Gasteiger charge is -2.14. The molecule has 0 aliphatic heterocycles. The van der Waals surface area contributed by atoms with Gasteiger partial charge in [-0.15, -0.1) is 11.3 Å². The van der Waals surface area contributed by atoms with Gasteiger partial charge in [-0.2, -0.15) is 0 Å². The number of hydrogen-bond acceptors (Lipinski definition) is 4. The molecule has 0 radical (unpaired) electrons. The molecule has 16 heavy (non-hydrogen) atoms. The summed E-state index contributed by atoms with van der Waals surface area (Å²) in [5.74, 6) is 0.419. The van der Waals surface area contributed by atoms with Crippen molar-refractivity contribution in [2.45, 2.75) is 26.4 Å². The van der Waals surface area contributed by atoms with Gasteiger partial charge < -0.3 is 10.4 Å². The van der Waals surface area contributed by atoms with E-state index in [0.717, 1.165) is 4.88 Å². The predicted octanol–water partition coefficient (Wildman–Crippen LogP) is 1.93. The zero-order valence-electron chi connectivity index (χ0n) is 9.77. The van der Waals surface area contributed by atoms with Crippen molar-refractivity contribution in [2.24, 2.45) is 5.92 Å². The number of thiophene rings is 1.